The lowest BCUT2D eigenvalue weighted by atomic mass is 9.81. The first kappa shape index (κ1) is 20.5. The minimum Gasteiger partial charge on any atom is -0.497 e. The van der Waals surface area contributed by atoms with Gasteiger partial charge in [0.05, 0.1) is 7.11 Å². The van der Waals surface area contributed by atoms with Crippen LogP contribution in [0.1, 0.15) is 49.9 Å². The van der Waals surface area contributed by atoms with Gasteiger partial charge in [-0.1, -0.05) is 24.3 Å². The quantitative estimate of drug-likeness (QED) is 0.663. The van der Waals surface area contributed by atoms with E-state index >= 15 is 0 Å². The third-order valence-electron chi connectivity index (χ3n) is 5.50. The lowest BCUT2D eigenvalue weighted by Crippen LogP contribution is -2.32. The topological polar surface area (TPSA) is 88.3 Å². The number of hydrogen-bond donors (Lipinski definition) is 2. The summed E-state index contributed by atoms with van der Waals surface area (Å²) in [5.41, 5.74) is 1.94. The summed E-state index contributed by atoms with van der Waals surface area (Å²) in [5, 5.41) is 2.64. The molecule has 0 aliphatic heterocycles. The van der Waals surface area contributed by atoms with Gasteiger partial charge in [0, 0.05) is 24.2 Å². The van der Waals surface area contributed by atoms with Gasteiger partial charge in [-0.05, 0) is 53.8 Å². The Hall–Kier alpha value is -3.74. The van der Waals surface area contributed by atoms with E-state index in [0.717, 1.165) is 11.3 Å². The van der Waals surface area contributed by atoms with Crippen LogP contribution >= 0.6 is 0 Å². The van der Waals surface area contributed by atoms with E-state index in [4.69, 9.17) is 4.74 Å². The molecule has 2 N–H and O–H groups in total. The molecule has 4 rings (SSSR count). The fourth-order valence-electron chi connectivity index (χ4n) is 3.79. The minimum absolute atomic E-state index is 0.0558. The Morgan fingerprint density at radius 3 is 2.48 bits per heavy atom. The maximum atomic E-state index is 13.0. The van der Waals surface area contributed by atoms with Crippen LogP contribution in [0, 0.1) is 5.82 Å². The van der Waals surface area contributed by atoms with Gasteiger partial charge in [0.15, 0.2) is 5.78 Å². The maximum Gasteiger partial charge on any atom is 0.261 e. The molecule has 0 saturated carbocycles. The van der Waals surface area contributed by atoms with Crippen LogP contribution in [0.3, 0.4) is 0 Å². The summed E-state index contributed by atoms with van der Waals surface area (Å²) in [4.78, 5) is 40.5. The number of Topliss-reactive ketones (excluding diaryl/α,β-unsaturated/α-hetero) is 1. The van der Waals surface area contributed by atoms with Crippen LogP contribution in [-0.4, -0.2) is 23.8 Å². The molecule has 1 amide bonds. The number of hydrogen-bond acceptors (Lipinski definition) is 4. The normalized spacial score (nSPS) is 15.3. The largest absolute Gasteiger partial charge is 0.497 e. The number of halogens is 1. The van der Waals surface area contributed by atoms with Crippen molar-refractivity contribution in [2.24, 2.45) is 0 Å². The van der Waals surface area contributed by atoms with Gasteiger partial charge in [-0.25, -0.2) is 4.39 Å². The lowest BCUT2D eigenvalue weighted by molar-refractivity contribution is 0.0949. The van der Waals surface area contributed by atoms with Gasteiger partial charge < -0.3 is 15.0 Å². The van der Waals surface area contributed by atoms with Gasteiger partial charge in [-0.15, -0.1) is 0 Å². The molecule has 6 nitrogen and oxygen atoms in total. The van der Waals surface area contributed by atoms with E-state index in [1.165, 1.54) is 18.2 Å². The van der Waals surface area contributed by atoms with Crippen molar-refractivity contribution in [1.82, 2.24) is 10.3 Å². The molecule has 0 fully saturated rings. The van der Waals surface area contributed by atoms with Gasteiger partial charge in [0.1, 0.15) is 17.1 Å². The molecule has 2 aromatic carbocycles. The van der Waals surface area contributed by atoms with Gasteiger partial charge >= 0.3 is 0 Å². The predicted octanol–water partition coefficient (Wildman–Crippen LogP) is 3.37. The van der Waals surface area contributed by atoms with E-state index < -0.39 is 11.5 Å². The van der Waals surface area contributed by atoms with Crippen molar-refractivity contribution < 1.29 is 18.7 Å². The first-order chi connectivity index (χ1) is 14.9. The Bertz CT molecular complexity index is 1180. The van der Waals surface area contributed by atoms with Crippen molar-refractivity contribution >= 4 is 11.7 Å². The second-order valence-electron chi connectivity index (χ2n) is 7.52. The average Bonchev–Trinajstić information content (AvgIpc) is 2.78. The highest BCUT2D eigenvalue weighted by molar-refractivity contribution is 6.02. The molecule has 0 radical (unpaired) electrons. The van der Waals surface area contributed by atoms with E-state index in [2.05, 4.69) is 10.3 Å². The molecule has 0 spiro atoms. The number of aromatic amines is 1. The number of carbonyl (C=O) groups excluding carboxylic acids is 2. The number of rotatable bonds is 5. The molecule has 1 heterocycles. The summed E-state index contributed by atoms with van der Waals surface area (Å²) in [6, 6.07) is 14.6. The summed E-state index contributed by atoms with van der Waals surface area (Å²) >= 11 is 0. The van der Waals surface area contributed by atoms with Crippen molar-refractivity contribution in [2.75, 3.05) is 7.11 Å². The number of benzene rings is 2. The van der Waals surface area contributed by atoms with Crippen LogP contribution in [0.5, 0.6) is 5.75 Å². The van der Waals surface area contributed by atoms with Crippen LogP contribution in [0.25, 0.3) is 0 Å². The van der Waals surface area contributed by atoms with Crippen molar-refractivity contribution in [2.45, 2.75) is 25.3 Å². The standard InChI is InChI=1S/C24H21FN2O4/c1-31-18-8-4-15(5-9-18)16-10-21-19(22(28)11-16)12-20(24(30)27-21)23(29)26-13-14-2-6-17(25)7-3-14/h2-9,12,16H,10-11,13H2,1H3,(H,26,29)(H,27,30)/t16-/m1/s1. The molecule has 3 aromatic rings. The molecular weight excluding hydrogens is 399 g/mol. The number of aromatic nitrogens is 1. The number of amides is 1. The Kier molecular flexibility index (Phi) is 5.66. The highest BCUT2D eigenvalue weighted by atomic mass is 19.1. The molecule has 31 heavy (non-hydrogen) atoms. The van der Waals surface area contributed by atoms with E-state index in [-0.39, 0.29) is 29.6 Å². The molecular formula is C24H21FN2O4. The molecule has 158 valence electrons. The predicted molar refractivity (Wildman–Crippen MR) is 113 cm³/mol. The minimum atomic E-state index is -0.585. The number of ether oxygens (including phenoxy) is 1. The van der Waals surface area contributed by atoms with Gasteiger partial charge in [0.25, 0.3) is 11.5 Å². The molecule has 1 aromatic heterocycles. The van der Waals surface area contributed by atoms with Gasteiger partial charge in [0.2, 0.25) is 0 Å². The zero-order valence-electron chi connectivity index (χ0n) is 16.9. The number of pyridine rings is 1. The zero-order chi connectivity index (χ0) is 22.0. The highest BCUT2D eigenvalue weighted by Gasteiger charge is 2.28. The Labute approximate surface area is 178 Å². The summed E-state index contributed by atoms with van der Waals surface area (Å²) in [7, 11) is 1.59. The van der Waals surface area contributed by atoms with Gasteiger partial charge in [-0.2, -0.15) is 0 Å². The van der Waals surface area contributed by atoms with Crippen LogP contribution < -0.4 is 15.6 Å². The second kappa shape index (κ2) is 8.55. The fraction of sp³-hybridized carbons (Fsp3) is 0.208. The zero-order valence-corrected chi connectivity index (χ0v) is 16.9. The first-order valence-electron chi connectivity index (χ1n) is 9.90. The second-order valence-corrected chi connectivity index (χ2v) is 7.52. The van der Waals surface area contributed by atoms with Crippen LogP contribution in [0.15, 0.2) is 59.4 Å². The summed E-state index contributed by atoms with van der Waals surface area (Å²) in [6.07, 6.45) is 0.794. The molecule has 0 saturated heterocycles. The number of fused-ring (bicyclic) bond motifs is 1. The Balaban J connectivity index is 1.52. The van der Waals surface area contributed by atoms with E-state index in [1.54, 1.807) is 19.2 Å². The number of nitrogens with one attached hydrogen (secondary N) is 2. The molecule has 1 atom stereocenters. The summed E-state index contributed by atoms with van der Waals surface area (Å²) in [5.74, 6) is -0.396. The highest BCUT2D eigenvalue weighted by Crippen LogP contribution is 2.32. The molecule has 1 aliphatic carbocycles. The smallest absolute Gasteiger partial charge is 0.261 e. The van der Waals surface area contributed by atoms with E-state index in [9.17, 15) is 18.8 Å². The summed E-state index contributed by atoms with van der Waals surface area (Å²) in [6.45, 7) is 0.142. The molecule has 0 unspecified atom stereocenters. The third-order valence-corrected chi connectivity index (χ3v) is 5.50. The summed E-state index contributed by atoms with van der Waals surface area (Å²) < 4.78 is 18.2. The Morgan fingerprint density at radius 1 is 1.10 bits per heavy atom. The van der Waals surface area contributed by atoms with E-state index in [1.807, 2.05) is 24.3 Å². The van der Waals surface area contributed by atoms with Crippen LogP contribution in [0.2, 0.25) is 0 Å². The van der Waals surface area contributed by atoms with Crippen molar-refractivity contribution in [1.29, 1.82) is 0 Å². The molecule has 0 bridgehead atoms. The van der Waals surface area contributed by atoms with Crippen molar-refractivity contribution in [3.63, 3.8) is 0 Å². The first-order valence-corrected chi connectivity index (χ1v) is 9.90. The van der Waals surface area contributed by atoms with Crippen molar-refractivity contribution in [3.8, 4) is 5.75 Å². The van der Waals surface area contributed by atoms with Crippen molar-refractivity contribution in [3.05, 3.63) is 98.7 Å². The van der Waals surface area contributed by atoms with E-state index in [0.29, 0.717) is 29.7 Å². The SMILES string of the molecule is COc1ccc([C@H]2CC(=O)c3cc(C(=O)NCc4ccc(F)cc4)c(=O)[nH]c3C2)cc1. The van der Waals surface area contributed by atoms with Gasteiger partial charge in [-0.3, -0.25) is 14.4 Å². The number of H-pyrrole nitrogens is 1. The fourth-order valence-corrected chi connectivity index (χ4v) is 3.79. The number of carbonyl (C=O) groups is 2. The van der Waals surface area contributed by atoms with Crippen LogP contribution in [0.4, 0.5) is 4.39 Å². The lowest BCUT2D eigenvalue weighted by Gasteiger charge is -2.24. The number of ketones is 1. The van der Waals surface area contributed by atoms with Crippen LogP contribution in [-0.2, 0) is 13.0 Å². The monoisotopic (exact) mass is 420 g/mol. The Morgan fingerprint density at radius 2 is 1.81 bits per heavy atom. The number of methoxy groups -OCH3 is 1. The molecule has 7 heteroatoms. The maximum absolute atomic E-state index is 13.0. The average molecular weight is 420 g/mol. The third kappa shape index (κ3) is 4.40. The molecule has 1 aliphatic rings.